The van der Waals surface area contributed by atoms with E-state index in [4.69, 9.17) is 0 Å². The molecule has 33 heavy (non-hydrogen) atoms. The molecule has 0 spiro atoms. The zero-order valence-corrected chi connectivity index (χ0v) is 21.2. The number of amides is 1. The van der Waals surface area contributed by atoms with Crippen LogP contribution in [0.15, 0.2) is 58.6 Å². The van der Waals surface area contributed by atoms with Crippen molar-refractivity contribution in [1.29, 1.82) is 0 Å². The fourth-order valence-electron chi connectivity index (χ4n) is 3.35. The first-order chi connectivity index (χ1) is 15.6. The van der Waals surface area contributed by atoms with Gasteiger partial charge in [-0.1, -0.05) is 68.4 Å². The fraction of sp³-hybridized carbons (Fsp3) is 0.375. The van der Waals surface area contributed by atoms with E-state index in [-0.39, 0.29) is 22.5 Å². The molecule has 1 unspecified atom stereocenters. The lowest BCUT2D eigenvalue weighted by Crippen LogP contribution is -2.25. The molecule has 7 nitrogen and oxygen atoms in total. The van der Waals surface area contributed by atoms with Gasteiger partial charge in [0.1, 0.15) is 11.6 Å². The monoisotopic (exact) mass is 486 g/mol. The molecular formula is C24H30N4O3S2. The van der Waals surface area contributed by atoms with Gasteiger partial charge in [-0.3, -0.25) is 4.79 Å². The van der Waals surface area contributed by atoms with Crippen LogP contribution in [-0.2, 0) is 27.4 Å². The van der Waals surface area contributed by atoms with Crippen LogP contribution in [0.25, 0.3) is 0 Å². The lowest BCUT2D eigenvalue weighted by molar-refractivity contribution is -0.115. The van der Waals surface area contributed by atoms with E-state index in [1.165, 1.54) is 11.8 Å². The van der Waals surface area contributed by atoms with E-state index in [9.17, 15) is 13.2 Å². The second-order valence-corrected chi connectivity index (χ2v) is 11.4. The summed E-state index contributed by atoms with van der Waals surface area (Å²) in [5.74, 6) is 0.238. The first-order valence-electron chi connectivity index (χ1n) is 10.9. The second-order valence-electron chi connectivity index (χ2n) is 8.28. The van der Waals surface area contributed by atoms with Gasteiger partial charge in [0, 0.05) is 12.7 Å². The maximum Gasteiger partial charge on any atom is 0.237 e. The fourth-order valence-corrected chi connectivity index (χ4v) is 5.60. The molecule has 1 amide bonds. The van der Waals surface area contributed by atoms with Crippen LogP contribution >= 0.6 is 11.8 Å². The Morgan fingerprint density at radius 3 is 2.39 bits per heavy atom. The number of hydrogen-bond donors (Lipinski definition) is 1. The Morgan fingerprint density at radius 2 is 1.76 bits per heavy atom. The minimum Gasteiger partial charge on any atom is -0.325 e. The van der Waals surface area contributed by atoms with Crippen molar-refractivity contribution in [2.24, 2.45) is 7.05 Å². The molecule has 1 N–H and O–H groups in total. The van der Waals surface area contributed by atoms with Gasteiger partial charge in [0.2, 0.25) is 5.91 Å². The van der Waals surface area contributed by atoms with E-state index in [1.54, 1.807) is 35.9 Å². The molecule has 0 saturated carbocycles. The number of sulfone groups is 1. The lowest BCUT2D eigenvalue weighted by Gasteiger charge is -2.17. The molecule has 0 bridgehead atoms. The number of hydrogen-bond acceptors (Lipinski definition) is 6. The normalized spacial score (nSPS) is 12.7. The van der Waals surface area contributed by atoms with E-state index in [2.05, 4.69) is 29.4 Å². The minimum atomic E-state index is -3.56. The Morgan fingerprint density at radius 1 is 1.09 bits per heavy atom. The second kappa shape index (κ2) is 10.5. The smallest absolute Gasteiger partial charge is 0.237 e. The van der Waals surface area contributed by atoms with Crippen molar-refractivity contribution in [2.45, 2.75) is 61.1 Å². The van der Waals surface area contributed by atoms with Crippen LogP contribution in [0.3, 0.4) is 0 Å². The minimum absolute atomic E-state index is 0.118. The molecule has 0 saturated heterocycles. The van der Waals surface area contributed by atoms with E-state index in [1.807, 2.05) is 38.1 Å². The van der Waals surface area contributed by atoms with Crippen LogP contribution in [0.4, 0.5) is 5.69 Å². The summed E-state index contributed by atoms with van der Waals surface area (Å²) in [6, 6.07) is 14.5. The maximum absolute atomic E-state index is 13.0. The summed E-state index contributed by atoms with van der Waals surface area (Å²) in [4.78, 5) is 13.2. The summed E-state index contributed by atoms with van der Waals surface area (Å²) >= 11 is 1.28. The molecule has 1 aromatic heterocycles. The summed E-state index contributed by atoms with van der Waals surface area (Å²) in [5, 5.41) is 11.4. The van der Waals surface area contributed by atoms with Gasteiger partial charge in [-0.2, -0.15) is 0 Å². The SMILES string of the molecule is CCC(Sc1nnc(CS(=O)(=O)c2ccc(C)cc2)n1C)C(=O)Nc1ccccc1C(C)C. The van der Waals surface area contributed by atoms with Crippen LogP contribution < -0.4 is 5.32 Å². The quantitative estimate of drug-likeness (QED) is 0.440. The predicted octanol–water partition coefficient (Wildman–Crippen LogP) is 4.73. The maximum atomic E-state index is 13.0. The van der Waals surface area contributed by atoms with Crippen LogP contribution in [0.2, 0.25) is 0 Å². The van der Waals surface area contributed by atoms with E-state index in [0.29, 0.717) is 17.4 Å². The van der Waals surface area contributed by atoms with Gasteiger partial charge in [-0.15, -0.1) is 10.2 Å². The number of carbonyl (C=O) groups is 1. The molecule has 0 fully saturated rings. The molecule has 0 radical (unpaired) electrons. The molecule has 0 aliphatic rings. The predicted molar refractivity (Wildman–Crippen MR) is 132 cm³/mol. The summed E-state index contributed by atoms with van der Waals surface area (Å²) in [7, 11) is -1.83. The average Bonchev–Trinajstić information content (AvgIpc) is 3.10. The molecule has 176 valence electrons. The topological polar surface area (TPSA) is 93.9 Å². The third kappa shape index (κ3) is 6.03. The number of benzene rings is 2. The van der Waals surface area contributed by atoms with Gasteiger partial charge in [0.15, 0.2) is 15.0 Å². The van der Waals surface area contributed by atoms with E-state index >= 15 is 0 Å². The third-order valence-corrected chi connectivity index (χ3v) is 8.40. The number of aryl methyl sites for hydroxylation is 1. The largest absolute Gasteiger partial charge is 0.325 e. The van der Waals surface area contributed by atoms with Gasteiger partial charge >= 0.3 is 0 Å². The molecule has 3 aromatic rings. The molecule has 1 atom stereocenters. The highest BCUT2D eigenvalue weighted by Gasteiger charge is 2.25. The van der Waals surface area contributed by atoms with Gasteiger partial charge in [0.05, 0.1) is 10.1 Å². The Kier molecular flexibility index (Phi) is 7.97. The van der Waals surface area contributed by atoms with E-state index < -0.39 is 15.1 Å². The molecular weight excluding hydrogens is 456 g/mol. The Bertz CT molecular complexity index is 1220. The molecule has 0 aliphatic carbocycles. The van der Waals surface area contributed by atoms with Crippen molar-refractivity contribution in [3.05, 3.63) is 65.5 Å². The summed E-state index contributed by atoms with van der Waals surface area (Å²) in [5.41, 5.74) is 2.87. The highest BCUT2D eigenvalue weighted by atomic mass is 32.2. The van der Waals surface area contributed by atoms with Crippen molar-refractivity contribution < 1.29 is 13.2 Å². The highest BCUT2D eigenvalue weighted by Crippen LogP contribution is 2.28. The number of thioether (sulfide) groups is 1. The first-order valence-corrected chi connectivity index (χ1v) is 13.4. The van der Waals surface area contributed by atoms with Gasteiger partial charge < -0.3 is 9.88 Å². The summed E-state index contributed by atoms with van der Waals surface area (Å²) < 4.78 is 27.2. The third-order valence-electron chi connectivity index (χ3n) is 5.38. The molecule has 0 aliphatic heterocycles. The lowest BCUT2D eigenvalue weighted by atomic mass is 10.0. The number of anilines is 1. The number of carbonyl (C=O) groups excluding carboxylic acids is 1. The van der Waals surface area contributed by atoms with Gasteiger partial charge in [-0.05, 0) is 43.0 Å². The number of nitrogens with one attached hydrogen (secondary N) is 1. The van der Waals surface area contributed by atoms with Crippen molar-refractivity contribution in [1.82, 2.24) is 14.8 Å². The van der Waals surface area contributed by atoms with Gasteiger partial charge in [0.25, 0.3) is 0 Å². The summed E-state index contributed by atoms with van der Waals surface area (Å²) in [6.07, 6.45) is 0.588. The van der Waals surface area contributed by atoms with Gasteiger partial charge in [-0.25, -0.2) is 8.42 Å². The van der Waals surface area contributed by atoms with Crippen LogP contribution in [0.1, 0.15) is 50.1 Å². The number of rotatable bonds is 9. The first kappa shape index (κ1) is 25.0. The van der Waals surface area contributed by atoms with Crippen molar-refractivity contribution in [3.8, 4) is 0 Å². The van der Waals surface area contributed by atoms with Crippen LogP contribution in [0.5, 0.6) is 0 Å². The number of aromatic nitrogens is 3. The highest BCUT2D eigenvalue weighted by molar-refractivity contribution is 8.00. The van der Waals surface area contributed by atoms with Crippen LogP contribution in [-0.4, -0.2) is 34.3 Å². The Balaban J connectivity index is 1.74. The van der Waals surface area contributed by atoms with Crippen molar-refractivity contribution in [3.63, 3.8) is 0 Å². The van der Waals surface area contributed by atoms with Crippen molar-refractivity contribution in [2.75, 3.05) is 5.32 Å². The number of nitrogens with zero attached hydrogens (tertiary/aromatic N) is 3. The standard InChI is InChI=1S/C24H30N4O3S2/c1-6-21(23(29)25-20-10-8-7-9-19(20)16(2)3)32-24-27-26-22(28(24)5)15-33(30,31)18-13-11-17(4)12-14-18/h7-14,16,21H,6,15H2,1-5H3,(H,25,29). The van der Waals surface area contributed by atoms with Crippen molar-refractivity contribution >= 4 is 33.2 Å². The Hall–Kier alpha value is -2.65. The zero-order chi connectivity index (χ0) is 24.2. The molecule has 3 rings (SSSR count). The Labute approximate surface area is 199 Å². The van der Waals surface area contributed by atoms with Crippen LogP contribution in [0, 0.1) is 6.92 Å². The average molecular weight is 487 g/mol. The molecule has 9 heteroatoms. The number of para-hydroxylation sites is 1. The molecule has 1 heterocycles. The van der Waals surface area contributed by atoms with E-state index in [0.717, 1.165) is 16.8 Å². The summed E-state index contributed by atoms with van der Waals surface area (Å²) in [6.45, 7) is 8.01. The zero-order valence-electron chi connectivity index (χ0n) is 19.6. The molecule has 2 aromatic carbocycles.